The van der Waals surface area contributed by atoms with Gasteiger partial charge < -0.3 is 14.8 Å². The topological polar surface area (TPSA) is 48.3 Å². The zero-order valence-electron chi connectivity index (χ0n) is 12.4. The van der Waals surface area contributed by atoms with Gasteiger partial charge >= 0.3 is 0 Å². The Morgan fingerprint density at radius 1 is 1.20 bits per heavy atom. The second-order valence-corrected chi connectivity index (χ2v) is 4.47. The maximum atomic E-state index is 5.36. The zero-order valence-corrected chi connectivity index (χ0v) is 12.4. The molecule has 0 amide bonds. The average Bonchev–Trinajstić information content (AvgIpc) is 2.96. The molecule has 0 fully saturated rings. The first kappa shape index (κ1) is 14.4. The number of rotatable bonds is 6. The summed E-state index contributed by atoms with van der Waals surface area (Å²) < 4.78 is 12.5. The van der Waals surface area contributed by atoms with Gasteiger partial charge in [-0.15, -0.1) is 0 Å². The molecule has 0 aliphatic rings. The zero-order chi connectivity index (χ0) is 14.5. The van der Waals surface area contributed by atoms with E-state index in [1.807, 2.05) is 36.1 Å². The Morgan fingerprint density at radius 2 is 1.95 bits per heavy atom. The highest BCUT2D eigenvalue weighted by atomic mass is 16.5. The maximum Gasteiger partial charge on any atom is 0.161 e. The van der Waals surface area contributed by atoms with Crippen molar-refractivity contribution in [2.75, 3.05) is 21.3 Å². The first-order valence-electron chi connectivity index (χ1n) is 6.65. The van der Waals surface area contributed by atoms with E-state index in [9.17, 15) is 0 Å². The Bertz CT molecular complexity index is 566. The van der Waals surface area contributed by atoms with E-state index in [1.54, 1.807) is 14.2 Å². The van der Waals surface area contributed by atoms with E-state index in [4.69, 9.17) is 9.47 Å². The van der Waals surface area contributed by atoms with Crippen molar-refractivity contribution in [3.63, 3.8) is 0 Å². The van der Waals surface area contributed by atoms with Crippen molar-refractivity contribution in [3.05, 3.63) is 41.7 Å². The Labute approximate surface area is 119 Å². The first-order valence-corrected chi connectivity index (χ1v) is 6.65. The van der Waals surface area contributed by atoms with Crippen LogP contribution in [0.4, 0.5) is 0 Å². The standard InChI is InChI=1S/C15H21N3O2/c1-5-18-10-12(9-17-18)15(16-2)11-6-7-13(19-3)14(8-11)20-4/h6-10,15-16H,5H2,1-4H3. The van der Waals surface area contributed by atoms with Crippen LogP contribution in [0.25, 0.3) is 0 Å². The molecular formula is C15H21N3O2. The van der Waals surface area contributed by atoms with Crippen LogP contribution in [0.3, 0.4) is 0 Å². The van der Waals surface area contributed by atoms with Gasteiger partial charge in [-0.2, -0.15) is 5.10 Å². The number of nitrogens with one attached hydrogen (secondary N) is 1. The quantitative estimate of drug-likeness (QED) is 0.878. The summed E-state index contributed by atoms with van der Waals surface area (Å²) in [5, 5.41) is 7.64. The van der Waals surface area contributed by atoms with Gasteiger partial charge in [0, 0.05) is 18.3 Å². The molecule has 0 saturated carbocycles. The summed E-state index contributed by atoms with van der Waals surface area (Å²) in [6.45, 7) is 2.93. The molecule has 2 rings (SSSR count). The first-order chi connectivity index (χ1) is 9.73. The lowest BCUT2D eigenvalue weighted by molar-refractivity contribution is 0.354. The van der Waals surface area contributed by atoms with E-state index in [1.165, 1.54) is 0 Å². The van der Waals surface area contributed by atoms with Gasteiger partial charge in [-0.25, -0.2) is 0 Å². The van der Waals surface area contributed by atoms with Gasteiger partial charge in [0.15, 0.2) is 11.5 Å². The highest BCUT2D eigenvalue weighted by Gasteiger charge is 2.16. The largest absolute Gasteiger partial charge is 0.493 e. The molecule has 2 aromatic rings. The molecule has 108 valence electrons. The Hall–Kier alpha value is -2.01. The predicted octanol–water partition coefficient (Wildman–Crippen LogP) is 2.23. The van der Waals surface area contributed by atoms with E-state index in [2.05, 4.69) is 23.5 Å². The molecule has 0 aliphatic carbocycles. The third-order valence-electron chi connectivity index (χ3n) is 3.34. The maximum absolute atomic E-state index is 5.36. The van der Waals surface area contributed by atoms with E-state index in [0.717, 1.165) is 29.2 Å². The molecular weight excluding hydrogens is 254 g/mol. The van der Waals surface area contributed by atoms with E-state index >= 15 is 0 Å². The van der Waals surface area contributed by atoms with E-state index in [0.29, 0.717) is 0 Å². The number of methoxy groups -OCH3 is 2. The van der Waals surface area contributed by atoms with Crippen molar-refractivity contribution in [2.24, 2.45) is 0 Å². The number of ether oxygens (including phenoxy) is 2. The number of hydrogen-bond acceptors (Lipinski definition) is 4. The van der Waals surface area contributed by atoms with Crippen molar-refractivity contribution < 1.29 is 9.47 Å². The second-order valence-electron chi connectivity index (χ2n) is 4.47. The van der Waals surface area contributed by atoms with Gasteiger partial charge in [0.25, 0.3) is 0 Å². The number of benzene rings is 1. The molecule has 5 heteroatoms. The van der Waals surface area contributed by atoms with Gasteiger partial charge in [-0.1, -0.05) is 6.07 Å². The van der Waals surface area contributed by atoms with Gasteiger partial charge in [0.1, 0.15) is 0 Å². The number of aryl methyl sites for hydroxylation is 1. The van der Waals surface area contributed by atoms with Crippen LogP contribution in [0, 0.1) is 0 Å². The molecule has 0 spiro atoms. The predicted molar refractivity (Wildman–Crippen MR) is 78.3 cm³/mol. The van der Waals surface area contributed by atoms with Gasteiger partial charge in [0.05, 0.1) is 26.5 Å². The molecule has 1 unspecified atom stereocenters. The minimum atomic E-state index is 0.0788. The second kappa shape index (κ2) is 6.43. The summed E-state index contributed by atoms with van der Waals surface area (Å²) in [5.41, 5.74) is 2.24. The minimum absolute atomic E-state index is 0.0788. The third-order valence-corrected chi connectivity index (χ3v) is 3.34. The number of nitrogens with zero attached hydrogens (tertiary/aromatic N) is 2. The van der Waals surface area contributed by atoms with Crippen molar-refractivity contribution in [1.29, 1.82) is 0 Å². The third kappa shape index (κ3) is 2.77. The van der Waals surface area contributed by atoms with Crippen LogP contribution < -0.4 is 14.8 Å². The van der Waals surface area contributed by atoms with Gasteiger partial charge in [-0.05, 0) is 31.7 Å². The lowest BCUT2D eigenvalue weighted by atomic mass is 10.0. The molecule has 1 heterocycles. The Morgan fingerprint density at radius 3 is 2.50 bits per heavy atom. The molecule has 1 aromatic heterocycles. The monoisotopic (exact) mass is 275 g/mol. The molecule has 0 aliphatic heterocycles. The number of aromatic nitrogens is 2. The molecule has 20 heavy (non-hydrogen) atoms. The van der Waals surface area contributed by atoms with Crippen LogP contribution in [0.15, 0.2) is 30.6 Å². The highest BCUT2D eigenvalue weighted by Crippen LogP contribution is 2.31. The SMILES string of the molecule is CCn1cc(C(NC)c2ccc(OC)c(OC)c2)cn1. The molecule has 5 nitrogen and oxygen atoms in total. The van der Waals surface area contributed by atoms with Crippen LogP contribution >= 0.6 is 0 Å². The number of hydrogen-bond donors (Lipinski definition) is 1. The summed E-state index contributed by atoms with van der Waals surface area (Å²) in [4.78, 5) is 0. The smallest absolute Gasteiger partial charge is 0.161 e. The molecule has 0 radical (unpaired) electrons. The van der Waals surface area contributed by atoms with Gasteiger partial charge in [-0.3, -0.25) is 4.68 Å². The highest BCUT2D eigenvalue weighted by molar-refractivity contribution is 5.45. The Balaban J connectivity index is 2.36. The lowest BCUT2D eigenvalue weighted by Crippen LogP contribution is -2.17. The van der Waals surface area contributed by atoms with Crippen molar-refractivity contribution in [3.8, 4) is 11.5 Å². The summed E-state index contributed by atoms with van der Waals surface area (Å²) in [7, 11) is 5.22. The van der Waals surface area contributed by atoms with Crippen LogP contribution in [0.5, 0.6) is 11.5 Å². The minimum Gasteiger partial charge on any atom is -0.493 e. The van der Waals surface area contributed by atoms with E-state index < -0.39 is 0 Å². The fraction of sp³-hybridized carbons (Fsp3) is 0.400. The van der Waals surface area contributed by atoms with Crippen molar-refractivity contribution in [1.82, 2.24) is 15.1 Å². The molecule has 0 saturated heterocycles. The van der Waals surface area contributed by atoms with Crippen LogP contribution in [-0.4, -0.2) is 31.0 Å². The van der Waals surface area contributed by atoms with Crippen molar-refractivity contribution >= 4 is 0 Å². The Kier molecular flexibility index (Phi) is 4.63. The molecule has 1 aromatic carbocycles. The normalized spacial score (nSPS) is 12.2. The van der Waals surface area contributed by atoms with Crippen LogP contribution in [0.1, 0.15) is 24.1 Å². The summed E-state index contributed by atoms with van der Waals surface area (Å²) in [6.07, 6.45) is 3.94. The van der Waals surface area contributed by atoms with Crippen LogP contribution in [0.2, 0.25) is 0 Å². The average molecular weight is 275 g/mol. The summed E-state index contributed by atoms with van der Waals surface area (Å²) in [6, 6.07) is 6.02. The van der Waals surface area contributed by atoms with Crippen LogP contribution in [-0.2, 0) is 6.54 Å². The molecule has 0 bridgehead atoms. The van der Waals surface area contributed by atoms with Crippen molar-refractivity contribution in [2.45, 2.75) is 19.5 Å². The molecule has 1 atom stereocenters. The summed E-state index contributed by atoms with van der Waals surface area (Å²) >= 11 is 0. The summed E-state index contributed by atoms with van der Waals surface area (Å²) in [5.74, 6) is 1.46. The lowest BCUT2D eigenvalue weighted by Gasteiger charge is -2.17. The molecule has 1 N–H and O–H groups in total. The fourth-order valence-corrected chi connectivity index (χ4v) is 2.26. The fourth-order valence-electron chi connectivity index (χ4n) is 2.26. The van der Waals surface area contributed by atoms with Gasteiger partial charge in [0.2, 0.25) is 0 Å². The van der Waals surface area contributed by atoms with E-state index in [-0.39, 0.29) is 6.04 Å².